The zero-order valence-corrected chi connectivity index (χ0v) is 19.2. The highest BCUT2D eigenvalue weighted by molar-refractivity contribution is 5.99. The van der Waals surface area contributed by atoms with Crippen LogP contribution < -0.4 is 10.6 Å². The number of nitrogens with one attached hydrogen (secondary N) is 2. The second-order valence-corrected chi connectivity index (χ2v) is 8.79. The SMILES string of the molecule is CC(C)c1ccc(NC(=O)N2CCC[C@@H]2C(=O)Nc2ccc(-c3ccc(O)c(F)c3)cc2)cc1. The molecule has 1 heterocycles. The molecule has 1 atom stereocenters. The number of benzene rings is 3. The number of rotatable bonds is 5. The Bertz CT molecular complexity index is 1180. The monoisotopic (exact) mass is 461 g/mol. The first-order valence-electron chi connectivity index (χ1n) is 11.4. The van der Waals surface area contributed by atoms with Crippen LogP contribution in [0.25, 0.3) is 11.1 Å². The largest absolute Gasteiger partial charge is 0.505 e. The molecule has 0 aromatic heterocycles. The minimum Gasteiger partial charge on any atom is -0.505 e. The molecule has 7 heteroatoms. The molecule has 3 amide bonds. The molecule has 4 rings (SSSR count). The molecule has 0 aliphatic carbocycles. The van der Waals surface area contributed by atoms with Crippen molar-refractivity contribution in [3.8, 4) is 16.9 Å². The standard InChI is InChI=1S/C27H28FN3O3/c1-17(2)18-5-10-22(11-6-18)30-27(34)31-15-3-4-24(31)26(33)29-21-12-7-19(8-13-21)20-9-14-25(32)23(28)16-20/h5-14,16-17,24,32H,3-4,15H2,1-2H3,(H,29,33)(H,30,34)/t24-/m1/s1. The van der Waals surface area contributed by atoms with Crippen molar-refractivity contribution in [3.63, 3.8) is 0 Å². The van der Waals surface area contributed by atoms with Gasteiger partial charge in [-0.2, -0.15) is 0 Å². The lowest BCUT2D eigenvalue weighted by molar-refractivity contribution is -0.119. The third kappa shape index (κ3) is 5.20. The van der Waals surface area contributed by atoms with Crippen LogP contribution in [0.1, 0.15) is 38.2 Å². The number of phenolic OH excluding ortho intramolecular Hbond substituents is 1. The number of carbonyl (C=O) groups excluding carboxylic acids is 2. The maximum atomic E-state index is 13.6. The van der Waals surface area contributed by atoms with Gasteiger partial charge in [0, 0.05) is 17.9 Å². The summed E-state index contributed by atoms with van der Waals surface area (Å²) in [7, 11) is 0. The number of phenols is 1. The number of hydrogen-bond acceptors (Lipinski definition) is 3. The number of amides is 3. The molecule has 0 saturated carbocycles. The van der Waals surface area contributed by atoms with E-state index in [1.165, 1.54) is 17.7 Å². The molecule has 1 aliphatic heterocycles. The first-order chi connectivity index (χ1) is 16.3. The minimum absolute atomic E-state index is 0.244. The number of halogens is 1. The molecule has 0 radical (unpaired) electrons. The lowest BCUT2D eigenvalue weighted by Crippen LogP contribution is -2.45. The number of urea groups is 1. The third-order valence-electron chi connectivity index (χ3n) is 6.08. The maximum absolute atomic E-state index is 13.6. The van der Waals surface area contributed by atoms with E-state index in [1.54, 1.807) is 35.2 Å². The summed E-state index contributed by atoms with van der Waals surface area (Å²) < 4.78 is 13.6. The molecule has 0 bridgehead atoms. The molecule has 1 saturated heterocycles. The molecule has 0 unspecified atom stereocenters. The van der Waals surface area contributed by atoms with E-state index in [0.717, 1.165) is 12.0 Å². The Morgan fingerprint density at radius 3 is 2.21 bits per heavy atom. The third-order valence-corrected chi connectivity index (χ3v) is 6.08. The van der Waals surface area contributed by atoms with E-state index in [-0.39, 0.29) is 11.9 Å². The number of carbonyl (C=O) groups is 2. The van der Waals surface area contributed by atoms with Crippen molar-refractivity contribution >= 4 is 23.3 Å². The molecule has 3 aromatic rings. The van der Waals surface area contributed by atoms with E-state index in [4.69, 9.17) is 0 Å². The van der Waals surface area contributed by atoms with Crippen LogP contribution in [0.3, 0.4) is 0 Å². The van der Waals surface area contributed by atoms with Gasteiger partial charge in [-0.1, -0.05) is 44.2 Å². The van der Waals surface area contributed by atoms with Crippen LogP contribution in [0.2, 0.25) is 0 Å². The van der Waals surface area contributed by atoms with Crippen LogP contribution in [0, 0.1) is 5.82 Å². The van der Waals surface area contributed by atoms with Gasteiger partial charge in [0.05, 0.1) is 0 Å². The van der Waals surface area contributed by atoms with Gasteiger partial charge in [-0.15, -0.1) is 0 Å². The smallest absolute Gasteiger partial charge is 0.322 e. The Balaban J connectivity index is 1.39. The van der Waals surface area contributed by atoms with Crippen molar-refractivity contribution in [3.05, 3.63) is 78.1 Å². The van der Waals surface area contributed by atoms with E-state index >= 15 is 0 Å². The van der Waals surface area contributed by atoms with E-state index in [1.807, 2.05) is 24.3 Å². The van der Waals surface area contributed by atoms with E-state index in [2.05, 4.69) is 24.5 Å². The molecule has 1 aliphatic rings. The topological polar surface area (TPSA) is 81.7 Å². The fraction of sp³-hybridized carbons (Fsp3) is 0.259. The molecule has 176 valence electrons. The summed E-state index contributed by atoms with van der Waals surface area (Å²) in [6.07, 6.45) is 1.35. The summed E-state index contributed by atoms with van der Waals surface area (Å²) >= 11 is 0. The van der Waals surface area contributed by atoms with Crippen LogP contribution in [0.5, 0.6) is 5.75 Å². The molecular formula is C27H28FN3O3. The number of anilines is 2. The lowest BCUT2D eigenvalue weighted by atomic mass is 10.0. The van der Waals surface area contributed by atoms with Crippen molar-refractivity contribution in [1.29, 1.82) is 0 Å². The van der Waals surface area contributed by atoms with Crippen molar-refractivity contribution in [1.82, 2.24) is 4.90 Å². The molecule has 34 heavy (non-hydrogen) atoms. The number of nitrogens with zero attached hydrogens (tertiary/aromatic N) is 1. The minimum atomic E-state index is -0.689. The maximum Gasteiger partial charge on any atom is 0.322 e. The van der Waals surface area contributed by atoms with Gasteiger partial charge in [0.2, 0.25) is 5.91 Å². The molecule has 3 aromatic carbocycles. The average molecular weight is 462 g/mol. The summed E-state index contributed by atoms with van der Waals surface area (Å²) in [6, 6.07) is 18.1. The Labute approximate surface area is 198 Å². The fourth-order valence-corrected chi connectivity index (χ4v) is 4.09. The van der Waals surface area contributed by atoms with Gasteiger partial charge < -0.3 is 20.6 Å². The molecule has 3 N–H and O–H groups in total. The van der Waals surface area contributed by atoms with Crippen molar-refractivity contribution < 1.29 is 19.1 Å². The van der Waals surface area contributed by atoms with Crippen LogP contribution in [-0.2, 0) is 4.79 Å². The van der Waals surface area contributed by atoms with Gasteiger partial charge in [-0.25, -0.2) is 9.18 Å². The van der Waals surface area contributed by atoms with Gasteiger partial charge in [-0.05, 0) is 71.8 Å². The highest BCUT2D eigenvalue weighted by Crippen LogP contribution is 2.27. The zero-order valence-electron chi connectivity index (χ0n) is 19.2. The summed E-state index contributed by atoms with van der Waals surface area (Å²) in [5.74, 6) is -0.922. The highest BCUT2D eigenvalue weighted by atomic mass is 19.1. The summed E-state index contributed by atoms with van der Waals surface area (Å²) in [5.41, 5.74) is 3.85. The Morgan fingerprint density at radius 2 is 1.56 bits per heavy atom. The summed E-state index contributed by atoms with van der Waals surface area (Å²) in [5, 5.41) is 15.1. The van der Waals surface area contributed by atoms with Crippen molar-refractivity contribution in [2.45, 2.75) is 38.6 Å². The molecule has 0 spiro atoms. The molecule has 6 nitrogen and oxygen atoms in total. The average Bonchev–Trinajstić information content (AvgIpc) is 3.32. The van der Waals surface area contributed by atoms with Crippen LogP contribution in [-0.4, -0.2) is 34.5 Å². The second-order valence-electron chi connectivity index (χ2n) is 8.79. The van der Waals surface area contributed by atoms with Crippen molar-refractivity contribution in [2.24, 2.45) is 0 Å². The predicted octanol–water partition coefficient (Wildman–Crippen LogP) is 5.96. The van der Waals surface area contributed by atoms with E-state index in [9.17, 15) is 19.1 Å². The number of likely N-dealkylation sites (tertiary alicyclic amines) is 1. The lowest BCUT2D eigenvalue weighted by Gasteiger charge is -2.24. The Morgan fingerprint density at radius 1 is 0.941 bits per heavy atom. The van der Waals surface area contributed by atoms with Gasteiger partial charge >= 0.3 is 6.03 Å². The van der Waals surface area contributed by atoms with Crippen molar-refractivity contribution in [2.75, 3.05) is 17.2 Å². The van der Waals surface area contributed by atoms with Gasteiger partial charge in [0.15, 0.2) is 11.6 Å². The first kappa shape index (κ1) is 23.3. The van der Waals surface area contributed by atoms with Crippen LogP contribution in [0.15, 0.2) is 66.7 Å². The summed E-state index contributed by atoms with van der Waals surface area (Å²) in [4.78, 5) is 27.3. The predicted molar refractivity (Wildman–Crippen MR) is 131 cm³/mol. The zero-order chi connectivity index (χ0) is 24.2. The first-order valence-corrected chi connectivity index (χ1v) is 11.4. The van der Waals surface area contributed by atoms with Crippen LogP contribution >= 0.6 is 0 Å². The van der Waals surface area contributed by atoms with Gasteiger partial charge in [0.1, 0.15) is 6.04 Å². The number of aromatic hydroxyl groups is 1. The van der Waals surface area contributed by atoms with E-state index in [0.29, 0.717) is 35.8 Å². The molecule has 1 fully saturated rings. The highest BCUT2D eigenvalue weighted by Gasteiger charge is 2.34. The van der Waals surface area contributed by atoms with Gasteiger partial charge in [-0.3, -0.25) is 4.79 Å². The van der Waals surface area contributed by atoms with Gasteiger partial charge in [0.25, 0.3) is 0 Å². The quantitative estimate of drug-likeness (QED) is 0.439. The Hall–Kier alpha value is -3.87. The second kappa shape index (κ2) is 9.95. The fourth-order valence-electron chi connectivity index (χ4n) is 4.09. The Kier molecular flexibility index (Phi) is 6.82. The van der Waals surface area contributed by atoms with E-state index < -0.39 is 17.6 Å². The molecular weight excluding hydrogens is 433 g/mol. The number of hydrogen-bond donors (Lipinski definition) is 3. The normalized spacial score (nSPS) is 15.4. The summed E-state index contributed by atoms with van der Waals surface area (Å²) in [6.45, 7) is 4.74. The van der Waals surface area contributed by atoms with Crippen LogP contribution in [0.4, 0.5) is 20.6 Å².